The number of hydrogen-bond acceptors (Lipinski definition) is 3. The number of hydrogen-bond donors (Lipinski definition) is 3. The lowest BCUT2D eigenvalue weighted by Gasteiger charge is -2.08. The SMILES string of the molecule is NC(=O)Cc1ccccc1NC(=O)c1cc(-c2ccccc2)n[nH]1. The number of carbonyl (C=O) groups excluding carboxylic acids is 2. The average Bonchev–Trinajstić information content (AvgIpc) is 3.07. The van der Waals surface area contributed by atoms with Gasteiger partial charge in [-0.05, 0) is 17.7 Å². The van der Waals surface area contributed by atoms with Gasteiger partial charge in [-0.2, -0.15) is 5.10 Å². The molecule has 2 amide bonds. The fourth-order valence-electron chi connectivity index (χ4n) is 2.37. The van der Waals surface area contributed by atoms with Crippen molar-refractivity contribution in [1.82, 2.24) is 10.2 Å². The molecule has 1 heterocycles. The van der Waals surface area contributed by atoms with Crippen molar-refractivity contribution in [3.05, 3.63) is 71.9 Å². The summed E-state index contributed by atoms with van der Waals surface area (Å²) in [5.74, 6) is -0.786. The van der Waals surface area contributed by atoms with E-state index < -0.39 is 5.91 Å². The highest BCUT2D eigenvalue weighted by atomic mass is 16.2. The summed E-state index contributed by atoms with van der Waals surface area (Å²) in [7, 11) is 0. The zero-order chi connectivity index (χ0) is 16.9. The van der Waals surface area contributed by atoms with Gasteiger partial charge >= 0.3 is 0 Å². The van der Waals surface area contributed by atoms with Crippen molar-refractivity contribution in [2.45, 2.75) is 6.42 Å². The van der Waals surface area contributed by atoms with Gasteiger partial charge in [0.25, 0.3) is 5.91 Å². The molecule has 0 fully saturated rings. The number of para-hydroxylation sites is 1. The topological polar surface area (TPSA) is 101 Å². The molecule has 0 aliphatic heterocycles. The van der Waals surface area contributed by atoms with E-state index in [1.54, 1.807) is 30.3 Å². The molecule has 6 nitrogen and oxygen atoms in total. The van der Waals surface area contributed by atoms with Gasteiger partial charge in [0.2, 0.25) is 5.91 Å². The van der Waals surface area contributed by atoms with Gasteiger partial charge in [-0.25, -0.2) is 0 Å². The molecule has 0 saturated heterocycles. The lowest BCUT2D eigenvalue weighted by molar-refractivity contribution is -0.117. The van der Waals surface area contributed by atoms with E-state index in [0.29, 0.717) is 22.6 Å². The van der Waals surface area contributed by atoms with Gasteiger partial charge in [0.05, 0.1) is 12.1 Å². The molecule has 4 N–H and O–H groups in total. The second-order valence-electron chi connectivity index (χ2n) is 5.29. The molecule has 24 heavy (non-hydrogen) atoms. The molecule has 0 unspecified atom stereocenters. The van der Waals surface area contributed by atoms with E-state index in [1.807, 2.05) is 30.3 Å². The number of nitrogens with two attached hydrogens (primary N) is 1. The number of anilines is 1. The number of amides is 2. The second kappa shape index (κ2) is 6.78. The summed E-state index contributed by atoms with van der Waals surface area (Å²) in [6, 6.07) is 18.3. The summed E-state index contributed by atoms with van der Waals surface area (Å²) < 4.78 is 0. The van der Waals surface area contributed by atoms with Gasteiger partial charge in [0.1, 0.15) is 5.69 Å². The molecule has 0 atom stereocenters. The molecule has 0 saturated carbocycles. The van der Waals surface area contributed by atoms with Gasteiger partial charge in [-0.15, -0.1) is 0 Å². The summed E-state index contributed by atoms with van der Waals surface area (Å²) in [6.45, 7) is 0. The highest BCUT2D eigenvalue weighted by Crippen LogP contribution is 2.19. The maximum absolute atomic E-state index is 12.4. The standard InChI is InChI=1S/C18H16N4O2/c19-17(23)10-13-8-4-5-9-14(13)20-18(24)16-11-15(21-22-16)12-6-2-1-3-7-12/h1-9,11H,10H2,(H2,19,23)(H,20,24)(H,21,22). The van der Waals surface area contributed by atoms with Crippen molar-refractivity contribution in [3.63, 3.8) is 0 Å². The third-order valence-electron chi connectivity index (χ3n) is 3.52. The lowest BCUT2D eigenvalue weighted by atomic mass is 10.1. The Morgan fingerprint density at radius 3 is 2.50 bits per heavy atom. The van der Waals surface area contributed by atoms with E-state index >= 15 is 0 Å². The minimum Gasteiger partial charge on any atom is -0.369 e. The van der Waals surface area contributed by atoms with Gasteiger partial charge in [-0.3, -0.25) is 14.7 Å². The Morgan fingerprint density at radius 1 is 1.04 bits per heavy atom. The first-order valence-electron chi connectivity index (χ1n) is 7.42. The molecule has 1 aromatic heterocycles. The van der Waals surface area contributed by atoms with E-state index in [2.05, 4.69) is 15.5 Å². The van der Waals surface area contributed by atoms with Crippen LogP contribution < -0.4 is 11.1 Å². The Morgan fingerprint density at radius 2 is 1.75 bits per heavy atom. The summed E-state index contributed by atoms with van der Waals surface area (Å²) in [5.41, 5.74) is 8.40. The van der Waals surface area contributed by atoms with Crippen LogP contribution in [0.15, 0.2) is 60.7 Å². The number of primary amides is 1. The molecule has 0 aliphatic rings. The van der Waals surface area contributed by atoms with Crippen LogP contribution in [0.25, 0.3) is 11.3 Å². The van der Waals surface area contributed by atoms with Crippen LogP contribution in [0.5, 0.6) is 0 Å². The van der Waals surface area contributed by atoms with Crippen LogP contribution in [0.2, 0.25) is 0 Å². The van der Waals surface area contributed by atoms with Crippen LogP contribution in [-0.2, 0) is 11.2 Å². The molecule has 3 aromatic rings. The quantitative estimate of drug-likeness (QED) is 0.672. The smallest absolute Gasteiger partial charge is 0.273 e. The Kier molecular flexibility index (Phi) is 4.38. The molecule has 0 spiro atoms. The lowest BCUT2D eigenvalue weighted by Crippen LogP contribution is -2.17. The summed E-state index contributed by atoms with van der Waals surface area (Å²) >= 11 is 0. The molecule has 120 valence electrons. The van der Waals surface area contributed by atoms with Crippen molar-refractivity contribution >= 4 is 17.5 Å². The van der Waals surface area contributed by atoms with Crippen LogP contribution in [0.3, 0.4) is 0 Å². The third kappa shape index (κ3) is 3.49. The highest BCUT2D eigenvalue weighted by Gasteiger charge is 2.13. The summed E-state index contributed by atoms with van der Waals surface area (Å²) in [5, 5.41) is 9.67. The molecule has 0 radical (unpaired) electrons. The Bertz CT molecular complexity index is 871. The van der Waals surface area contributed by atoms with E-state index in [1.165, 1.54) is 0 Å². The van der Waals surface area contributed by atoms with Crippen molar-refractivity contribution in [2.75, 3.05) is 5.32 Å². The predicted molar refractivity (Wildman–Crippen MR) is 91.3 cm³/mol. The Balaban J connectivity index is 1.79. The number of nitrogens with one attached hydrogen (secondary N) is 2. The van der Waals surface area contributed by atoms with Gasteiger partial charge in [0, 0.05) is 11.3 Å². The minimum atomic E-state index is -0.454. The molecule has 0 aliphatic carbocycles. The first-order chi connectivity index (χ1) is 11.6. The van der Waals surface area contributed by atoms with E-state index in [9.17, 15) is 9.59 Å². The number of H-pyrrole nitrogens is 1. The van der Waals surface area contributed by atoms with Crippen LogP contribution in [0.1, 0.15) is 16.1 Å². The zero-order valence-electron chi connectivity index (χ0n) is 12.8. The third-order valence-corrected chi connectivity index (χ3v) is 3.52. The van der Waals surface area contributed by atoms with Crippen molar-refractivity contribution in [3.8, 4) is 11.3 Å². The Hall–Kier alpha value is -3.41. The minimum absolute atomic E-state index is 0.0642. The normalized spacial score (nSPS) is 10.3. The molecular weight excluding hydrogens is 304 g/mol. The fourth-order valence-corrected chi connectivity index (χ4v) is 2.37. The molecular formula is C18H16N4O2. The average molecular weight is 320 g/mol. The molecule has 3 rings (SSSR count). The fraction of sp³-hybridized carbons (Fsp3) is 0.0556. The second-order valence-corrected chi connectivity index (χ2v) is 5.29. The number of rotatable bonds is 5. The maximum atomic E-state index is 12.4. The number of benzene rings is 2. The van der Waals surface area contributed by atoms with Crippen molar-refractivity contribution in [1.29, 1.82) is 0 Å². The van der Waals surface area contributed by atoms with Crippen LogP contribution in [-0.4, -0.2) is 22.0 Å². The van der Waals surface area contributed by atoms with Crippen molar-refractivity contribution < 1.29 is 9.59 Å². The number of aromatic nitrogens is 2. The molecule has 6 heteroatoms. The van der Waals surface area contributed by atoms with E-state index in [-0.39, 0.29) is 12.3 Å². The van der Waals surface area contributed by atoms with Crippen LogP contribution in [0, 0.1) is 0 Å². The zero-order valence-corrected chi connectivity index (χ0v) is 12.8. The first kappa shape index (κ1) is 15.5. The predicted octanol–water partition coefficient (Wildman–Crippen LogP) is 2.36. The molecule has 2 aromatic carbocycles. The van der Waals surface area contributed by atoms with Gasteiger partial charge in [0.15, 0.2) is 0 Å². The summed E-state index contributed by atoms with van der Waals surface area (Å²) in [4.78, 5) is 23.5. The van der Waals surface area contributed by atoms with Gasteiger partial charge in [-0.1, -0.05) is 48.5 Å². The monoisotopic (exact) mass is 320 g/mol. The maximum Gasteiger partial charge on any atom is 0.273 e. The summed E-state index contributed by atoms with van der Waals surface area (Å²) in [6.07, 6.45) is 0.0642. The first-order valence-corrected chi connectivity index (χ1v) is 7.42. The number of carbonyl (C=O) groups is 2. The van der Waals surface area contributed by atoms with Gasteiger partial charge < -0.3 is 11.1 Å². The van der Waals surface area contributed by atoms with E-state index in [4.69, 9.17) is 5.73 Å². The van der Waals surface area contributed by atoms with Crippen LogP contribution in [0.4, 0.5) is 5.69 Å². The Labute approximate surface area is 138 Å². The van der Waals surface area contributed by atoms with Crippen LogP contribution >= 0.6 is 0 Å². The van der Waals surface area contributed by atoms with Crippen molar-refractivity contribution in [2.24, 2.45) is 5.73 Å². The van der Waals surface area contributed by atoms with E-state index in [0.717, 1.165) is 5.56 Å². The molecule has 0 bridgehead atoms. The number of aromatic amines is 1. The number of nitrogens with zero attached hydrogens (tertiary/aromatic N) is 1. The highest BCUT2D eigenvalue weighted by molar-refractivity contribution is 6.04. The largest absolute Gasteiger partial charge is 0.369 e.